The van der Waals surface area contributed by atoms with Crippen molar-refractivity contribution in [1.29, 1.82) is 0 Å². The summed E-state index contributed by atoms with van der Waals surface area (Å²) in [6.07, 6.45) is 13.5. The molecule has 0 spiro atoms. The molecule has 1 amide bonds. The first-order chi connectivity index (χ1) is 14.7. The fraction of sp³-hybridized carbons (Fsp3) is 0.750. The molecule has 3 fully saturated rings. The molecule has 0 bridgehead atoms. The third-order valence-electron chi connectivity index (χ3n) is 7.53. The maximum Gasteiger partial charge on any atom is 0.224 e. The minimum Gasteiger partial charge on any atom is -0.394 e. The quantitative estimate of drug-likeness (QED) is 0.749. The number of nitrogens with one attached hydrogen (secondary N) is 1. The number of aliphatic hydroxyl groups excluding tert-OH is 1. The third kappa shape index (κ3) is 5.40. The van der Waals surface area contributed by atoms with E-state index in [-0.39, 0.29) is 24.0 Å². The van der Waals surface area contributed by atoms with Crippen molar-refractivity contribution in [1.82, 2.24) is 20.1 Å². The smallest absolute Gasteiger partial charge is 0.224 e. The maximum absolute atomic E-state index is 13.1. The van der Waals surface area contributed by atoms with Crippen LogP contribution >= 0.6 is 0 Å². The van der Waals surface area contributed by atoms with E-state index in [0.717, 1.165) is 71.2 Å². The molecule has 0 unspecified atom stereocenters. The van der Waals surface area contributed by atoms with Crippen molar-refractivity contribution in [2.45, 2.75) is 75.9 Å². The molecule has 3 heterocycles. The zero-order chi connectivity index (χ0) is 20.8. The highest BCUT2D eigenvalue weighted by atomic mass is 16.3. The van der Waals surface area contributed by atoms with Gasteiger partial charge < -0.3 is 10.4 Å². The molecular weight excluding hydrogens is 376 g/mol. The topological polar surface area (TPSA) is 68.7 Å². The van der Waals surface area contributed by atoms with Crippen LogP contribution in [0.3, 0.4) is 0 Å². The van der Waals surface area contributed by atoms with E-state index in [9.17, 15) is 9.90 Å². The number of likely N-dealkylation sites (tertiary alicyclic amines) is 2. The van der Waals surface area contributed by atoms with Gasteiger partial charge in [0.05, 0.1) is 18.1 Å². The van der Waals surface area contributed by atoms with Crippen LogP contribution < -0.4 is 5.32 Å². The zero-order valence-corrected chi connectivity index (χ0v) is 18.3. The monoisotopic (exact) mass is 414 g/mol. The molecule has 3 aliphatic rings. The first-order valence-electron chi connectivity index (χ1n) is 12.0. The Labute approximate surface area is 181 Å². The lowest BCUT2D eigenvalue weighted by molar-refractivity contribution is -0.130. The second-order valence-electron chi connectivity index (χ2n) is 9.69. The third-order valence-corrected chi connectivity index (χ3v) is 7.53. The van der Waals surface area contributed by atoms with Crippen LogP contribution in [-0.2, 0) is 11.3 Å². The van der Waals surface area contributed by atoms with Crippen molar-refractivity contribution in [3.05, 3.63) is 30.1 Å². The molecule has 1 aliphatic carbocycles. The van der Waals surface area contributed by atoms with Gasteiger partial charge in [-0.1, -0.05) is 25.3 Å². The number of nitrogens with zero attached hydrogens (tertiary/aromatic N) is 3. The second kappa shape index (κ2) is 10.2. The summed E-state index contributed by atoms with van der Waals surface area (Å²) in [6.45, 7) is 5.27. The molecule has 166 valence electrons. The number of aliphatic hydroxyl groups is 1. The Morgan fingerprint density at radius 3 is 2.63 bits per heavy atom. The van der Waals surface area contributed by atoms with Crippen molar-refractivity contribution in [2.75, 3.05) is 32.8 Å². The minimum absolute atomic E-state index is 0.0672. The van der Waals surface area contributed by atoms with Gasteiger partial charge in [-0.2, -0.15) is 0 Å². The van der Waals surface area contributed by atoms with E-state index in [2.05, 4.69) is 26.2 Å². The Bertz CT molecular complexity index is 669. The molecule has 1 aromatic rings. The summed E-state index contributed by atoms with van der Waals surface area (Å²) in [5, 5.41) is 13.2. The van der Waals surface area contributed by atoms with Crippen LogP contribution in [0.4, 0.5) is 0 Å². The fourth-order valence-electron chi connectivity index (χ4n) is 5.66. The van der Waals surface area contributed by atoms with E-state index >= 15 is 0 Å². The van der Waals surface area contributed by atoms with Crippen LogP contribution in [0.15, 0.2) is 24.5 Å². The highest BCUT2D eigenvalue weighted by Gasteiger charge is 2.37. The van der Waals surface area contributed by atoms with E-state index < -0.39 is 0 Å². The minimum atomic E-state index is -0.366. The summed E-state index contributed by atoms with van der Waals surface area (Å²) in [4.78, 5) is 22.4. The fourth-order valence-corrected chi connectivity index (χ4v) is 5.66. The average Bonchev–Trinajstić information content (AvgIpc) is 2.81. The Hall–Kier alpha value is -1.50. The molecule has 1 atom stereocenters. The molecule has 0 radical (unpaired) electrons. The van der Waals surface area contributed by atoms with Crippen molar-refractivity contribution in [3.63, 3.8) is 0 Å². The number of amides is 1. The Morgan fingerprint density at radius 1 is 1.13 bits per heavy atom. The van der Waals surface area contributed by atoms with E-state index in [4.69, 9.17) is 0 Å². The molecule has 2 N–H and O–H groups in total. The number of rotatable bonds is 6. The standard InChI is InChI=1S/C24H38N4O2/c29-19-24(10-2-1-3-11-24)26-23(30)21-7-5-13-28(18-21)22-8-14-27(15-9-22)17-20-6-4-12-25-16-20/h4,6,12,16,21-22,29H,1-3,5,7-11,13-15,17-19H2,(H,26,30)/t21-/m0/s1. The van der Waals surface area contributed by atoms with Gasteiger partial charge in [0, 0.05) is 31.5 Å². The number of hydrogen-bond donors (Lipinski definition) is 2. The van der Waals surface area contributed by atoms with Crippen LogP contribution in [0.1, 0.15) is 63.4 Å². The Morgan fingerprint density at radius 2 is 1.93 bits per heavy atom. The summed E-state index contributed by atoms with van der Waals surface area (Å²) in [6, 6.07) is 4.75. The molecule has 4 rings (SSSR count). The summed E-state index contributed by atoms with van der Waals surface area (Å²) in [5.41, 5.74) is 0.918. The van der Waals surface area contributed by atoms with Gasteiger partial charge in [0.25, 0.3) is 0 Å². The van der Waals surface area contributed by atoms with Crippen molar-refractivity contribution in [3.8, 4) is 0 Å². The molecule has 2 saturated heterocycles. The Kier molecular flexibility index (Phi) is 7.39. The van der Waals surface area contributed by atoms with E-state index in [1.54, 1.807) is 0 Å². The largest absolute Gasteiger partial charge is 0.394 e. The molecule has 6 heteroatoms. The first kappa shape index (κ1) is 21.7. The molecular formula is C24H38N4O2. The van der Waals surface area contributed by atoms with Crippen LogP contribution in [0.2, 0.25) is 0 Å². The van der Waals surface area contributed by atoms with Crippen molar-refractivity contribution in [2.24, 2.45) is 5.92 Å². The van der Waals surface area contributed by atoms with Gasteiger partial charge >= 0.3 is 0 Å². The van der Waals surface area contributed by atoms with Crippen LogP contribution in [-0.4, -0.2) is 70.2 Å². The van der Waals surface area contributed by atoms with Gasteiger partial charge in [0.15, 0.2) is 0 Å². The van der Waals surface area contributed by atoms with E-state index in [0.29, 0.717) is 6.04 Å². The van der Waals surface area contributed by atoms with Gasteiger partial charge in [-0.3, -0.25) is 19.6 Å². The zero-order valence-electron chi connectivity index (χ0n) is 18.3. The SMILES string of the molecule is O=C(NC1(CO)CCCCC1)[C@H]1CCCN(C2CCN(Cc3cccnc3)CC2)C1. The molecule has 1 saturated carbocycles. The molecule has 1 aromatic heterocycles. The molecule has 2 aliphatic heterocycles. The number of carbonyl (C=O) groups excluding carboxylic acids is 1. The van der Waals surface area contributed by atoms with Crippen LogP contribution in [0.25, 0.3) is 0 Å². The number of hydrogen-bond acceptors (Lipinski definition) is 5. The number of pyridine rings is 1. The lowest BCUT2D eigenvalue weighted by Crippen LogP contribution is -2.57. The van der Waals surface area contributed by atoms with E-state index in [1.165, 1.54) is 24.8 Å². The van der Waals surface area contributed by atoms with Gasteiger partial charge in [-0.05, 0) is 69.8 Å². The Balaban J connectivity index is 1.26. The van der Waals surface area contributed by atoms with E-state index in [1.807, 2.05) is 18.5 Å². The van der Waals surface area contributed by atoms with Crippen molar-refractivity contribution < 1.29 is 9.90 Å². The summed E-state index contributed by atoms with van der Waals surface area (Å²) in [7, 11) is 0. The lowest BCUT2D eigenvalue weighted by Gasteiger charge is -2.43. The van der Waals surface area contributed by atoms with Gasteiger partial charge in [-0.15, -0.1) is 0 Å². The van der Waals surface area contributed by atoms with Crippen molar-refractivity contribution >= 4 is 5.91 Å². The average molecular weight is 415 g/mol. The summed E-state index contributed by atoms with van der Waals surface area (Å²) < 4.78 is 0. The lowest BCUT2D eigenvalue weighted by atomic mass is 9.81. The van der Waals surface area contributed by atoms with Crippen LogP contribution in [0, 0.1) is 5.92 Å². The predicted molar refractivity (Wildman–Crippen MR) is 118 cm³/mol. The summed E-state index contributed by atoms with van der Waals surface area (Å²) in [5.74, 6) is 0.238. The molecule has 30 heavy (non-hydrogen) atoms. The van der Waals surface area contributed by atoms with Gasteiger partial charge in [0.1, 0.15) is 0 Å². The van der Waals surface area contributed by atoms with Crippen LogP contribution in [0.5, 0.6) is 0 Å². The normalized spacial score (nSPS) is 26.4. The highest BCUT2D eigenvalue weighted by Crippen LogP contribution is 2.30. The molecule has 6 nitrogen and oxygen atoms in total. The number of aromatic nitrogens is 1. The number of carbonyl (C=O) groups is 1. The number of piperidine rings is 2. The highest BCUT2D eigenvalue weighted by molar-refractivity contribution is 5.79. The molecule has 0 aromatic carbocycles. The predicted octanol–water partition coefficient (Wildman–Crippen LogP) is 2.57. The van der Waals surface area contributed by atoms with Gasteiger partial charge in [0.2, 0.25) is 5.91 Å². The maximum atomic E-state index is 13.1. The van der Waals surface area contributed by atoms with Gasteiger partial charge in [-0.25, -0.2) is 0 Å². The first-order valence-corrected chi connectivity index (χ1v) is 12.0. The second-order valence-corrected chi connectivity index (χ2v) is 9.69. The summed E-state index contributed by atoms with van der Waals surface area (Å²) >= 11 is 0.